The number of esters is 1. The number of benzene rings is 1. The second kappa shape index (κ2) is 7.26. The van der Waals surface area contributed by atoms with Crippen LogP contribution in [0, 0.1) is 23.5 Å². The van der Waals surface area contributed by atoms with Crippen molar-refractivity contribution >= 4 is 29.4 Å². The quantitative estimate of drug-likeness (QED) is 0.489. The summed E-state index contributed by atoms with van der Waals surface area (Å²) in [5.74, 6) is -5.98. The number of methoxy groups -OCH3 is 1. The van der Waals surface area contributed by atoms with Crippen molar-refractivity contribution in [2.45, 2.75) is 12.8 Å². The molecule has 3 rings (SSSR count). The number of carbonyl (C=O) groups excluding carboxylic acids is 4. The molecule has 1 fully saturated rings. The van der Waals surface area contributed by atoms with Gasteiger partial charge in [0.05, 0.1) is 30.2 Å². The summed E-state index contributed by atoms with van der Waals surface area (Å²) in [5, 5.41) is 2.16. The predicted octanol–water partition coefficient (Wildman–Crippen LogP) is 1.64. The molecular formula is C18H16F2N2O5. The molecule has 0 bridgehead atoms. The van der Waals surface area contributed by atoms with E-state index in [-0.39, 0.29) is 0 Å². The molecule has 0 spiro atoms. The lowest BCUT2D eigenvalue weighted by atomic mass is 9.85. The van der Waals surface area contributed by atoms with Gasteiger partial charge in [0, 0.05) is 6.07 Å². The van der Waals surface area contributed by atoms with Crippen molar-refractivity contribution in [1.82, 2.24) is 4.90 Å². The lowest BCUT2D eigenvalue weighted by Gasteiger charge is -2.15. The number of hydrogen-bond acceptors (Lipinski definition) is 5. The van der Waals surface area contributed by atoms with Crippen molar-refractivity contribution in [3.05, 3.63) is 41.5 Å². The maximum atomic E-state index is 13.9. The Morgan fingerprint density at radius 1 is 1.11 bits per heavy atom. The van der Waals surface area contributed by atoms with Gasteiger partial charge in [-0.05, 0) is 18.9 Å². The number of anilines is 1. The van der Waals surface area contributed by atoms with E-state index in [2.05, 4.69) is 10.1 Å². The number of allylic oxidation sites excluding steroid dienone is 2. The van der Waals surface area contributed by atoms with E-state index in [0.717, 1.165) is 18.1 Å². The summed E-state index contributed by atoms with van der Waals surface area (Å²) in [4.78, 5) is 49.2. The average Bonchev–Trinajstić information content (AvgIpc) is 2.88. The van der Waals surface area contributed by atoms with Gasteiger partial charge in [0.25, 0.3) is 0 Å². The number of nitrogens with one attached hydrogen (secondary N) is 1. The number of hydrogen-bond donors (Lipinski definition) is 1. The predicted molar refractivity (Wildman–Crippen MR) is 88.4 cm³/mol. The minimum Gasteiger partial charge on any atom is -0.465 e. The molecule has 27 heavy (non-hydrogen) atoms. The lowest BCUT2D eigenvalue weighted by molar-refractivity contribution is -0.142. The number of imide groups is 1. The Kier molecular flexibility index (Phi) is 5.02. The Hall–Kier alpha value is -3.10. The monoisotopic (exact) mass is 378 g/mol. The Morgan fingerprint density at radius 2 is 1.70 bits per heavy atom. The van der Waals surface area contributed by atoms with E-state index in [0.29, 0.717) is 18.9 Å². The summed E-state index contributed by atoms with van der Waals surface area (Å²) in [5.41, 5.74) is -1.01. The Labute approximate surface area is 153 Å². The van der Waals surface area contributed by atoms with E-state index in [1.54, 1.807) is 0 Å². The Bertz CT molecular complexity index is 842. The van der Waals surface area contributed by atoms with Crippen molar-refractivity contribution in [3.8, 4) is 0 Å². The largest absolute Gasteiger partial charge is 0.465 e. The summed E-state index contributed by atoms with van der Waals surface area (Å²) in [6.07, 6.45) is 4.50. The first-order chi connectivity index (χ1) is 12.8. The van der Waals surface area contributed by atoms with Crippen molar-refractivity contribution < 1.29 is 32.7 Å². The van der Waals surface area contributed by atoms with Crippen molar-refractivity contribution in [1.29, 1.82) is 0 Å². The van der Waals surface area contributed by atoms with E-state index in [1.165, 1.54) is 0 Å². The van der Waals surface area contributed by atoms with Gasteiger partial charge in [-0.15, -0.1) is 0 Å². The number of fused-ring (bicyclic) bond motifs is 1. The van der Waals surface area contributed by atoms with E-state index >= 15 is 0 Å². The van der Waals surface area contributed by atoms with E-state index in [1.807, 2.05) is 12.2 Å². The maximum Gasteiger partial charge on any atom is 0.340 e. The van der Waals surface area contributed by atoms with Gasteiger partial charge >= 0.3 is 5.97 Å². The molecule has 0 radical (unpaired) electrons. The van der Waals surface area contributed by atoms with E-state index < -0.39 is 65.0 Å². The average molecular weight is 378 g/mol. The van der Waals surface area contributed by atoms with Crippen molar-refractivity contribution in [2.24, 2.45) is 11.8 Å². The molecule has 0 aromatic heterocycles. The molecule has 1 aromatic rings. The number of ether oxygens (including phenoxy) is 1. The molecule has 0 saturated carbocycles. The molecule has 1 N–H and O–H groups in total. The van der Waals surface area contributed by atoms with Crippen LogP contribution in [0.4, 0.5) is 14.5 Å². The third kappa shape index (κ3) is 3.44. The summed E-state index contributed by atoms with van der Waals surface area (Å²) in [7, 11) is 1.03. The van der Waals surface area contributed by atoms with Gasteiger partial charge in [0.2, 0.25) is 17.7 Å². The van der Waals surface area contributed by atoms with Crippen LogP contribution < -0.4 is 5.32 Å². The number of nitrogens with zero attached hydrogens (tertiary/aromatic N) is 1. The first kappa shape index (κ1) is 18.7. The highest BCUT2D eigenvalue weighted by atomic mass is 19.1. The van der Waals surface area contributed by atoms with Gasteiger partial charge in [0.15, 0.2) is 0 Å². The Balaban J connectivity index is 1.74. The molecule has 3 amide bonds. The third-order valence-electron chi connectivity index (χ3n) is 4.64. The van der Waals surface area contributed by atoms with Crippen LogP contribution in [-0.4, -0.2) is 42.2 Å². The normalized spacial score (nSPS) is 21.2. The van der Waals surface area contributed by atoms with Crippen LogP contribution in [0.3, 0.4) is 0 Å². The van der Waals surface area contributed by atoms with Crippen LogP contribution in [0.15, 0.2) is 24.3 Å². The fraction of sp³-hybridized carbons (Fsp3) is 0.333. The molecule has 1 aromatic carbocycles. The fourth-order valence-corrected chi connectivity index (χ4v) is 3.27. The van der Waals surface area contributed by atoms with Gasteiger partial charge in [-0.1, -0.05) is 12.2 Å². The van der Waals surface area contributed by atoms with Crippen LogP contribution >= 0.6 is 0 Å². The van der Waals surface area contributed by atoms with E-state index in [9.17, 15) is 28.0 Å². The van der Waals surface area contributed by atoms with Crippen LogP contribution in [0.5, 0.6) is 0 Å². The van der Waals surface area contributed by atoms with E-state index in [4.69, 9.17) is 0 Å². The van der Waals surface area contributed by atoms with Crippen LogP contribution in [0.2, 0.25) is 0 Å². The van der Waals surface area contributed by atoms with Gasteiger partial charge in [-0.2, -0.15) is 0 Å². The van der Waals surface area contributed by atoms with Crippen LogP contribution in [-0.2, 0) is 19.1 Å². The second-order valence-corrected chi connectivity index (χ2v) is 6.27. The number of carbonyl (C=O) groups is 4. The molecule has 2 unspecified atom stereocenters. The molecule has 1 aliphatic heterocycles. The highest BCUT2D eigenvalue weighted by Gasteiger charge is 2.47. The summed E-state index contributed by atoms with van der Waals surface area (Å²) < 4.78 is 31.9. The molecule has 2 atom stereocenters. The standard InChI is InChI=1S/C18H16F2N2O5/c1-27-18(26)11-6-14(13(20)7-12(11)19)21-15(23)8-22-16(24)9-4-2-3-5-10(9)17(22)25/h2-3,6-7,9-10H,4-5,8H2,1H3,(H,21,23). The van der Waals surface area contributed by atoms with Crippen molar-refractivity contribution in [2.75, 3.05) is 19.0 Å². The maximum absolute atomic E-state index is 13.9. The smallest absolute Gasteiger partial charge is 0.340 e. The van der Waals surface area contributed by atoms with Gasteiger partial charge < -0.3 is 10.1 Å². The molecule has 1 heterocycles. The number of rotatable bonds is 4. The molecule has 142 valence electrons. The number of halogens is 2. The minimum atomic E-state index is -1.14. The van der Waals surface area contributed by atoms with Crippen LogP contribution in [0.1, 0.15) is 23.2 Å². The molecule has 9 heteroatoms. The zero-order chi connectivity index (χ0) is 19.7. The topological polar surface area (TPSA) is 92.8 Å². The summed E-state index contributed by atoms with van der Waals surface area (Å²) >= 11 is 0. The minimum absolute atomic E-state index is 0.433. The number of amides is 3. The first-order valence-corrected chi connectivity index (χ1v) is 8.21. The third-order valence-corrected chi connectivity index (χ3v) is 4.64. The van der Waals surface area contributed by atoms with Crippen molar-refractivity contribution in [3.63, 3.8) is 0 Å². The molecule has 7 nitrogen and oxygen atoms in total. The highest BCUT2D eigenvalue weighted by Crippen LogP contribution is 2.34. The SMILES string of the molecule is COC(=O)c1cc(NC(=O)CN2C(=O)C3CC=CCC3C2=O)c(F)cc1F. The molecule has 1 aliphatic carbocycles. The zero-order valence-electron chi connectivity index (χ0n) is 14.3. The lowest BCUT2D eigenvalue weighted by Crippen LogP contribution is -2.38. The fourth-order valence-electron chi connectivity index (χ4n) is 3.27. The van der Waals surface area contributed by atoms with Gasteiger partial charge in [0.1, 0.15) is 18.2 Å². The number of likely N-dealkylation sites (tertiary alicyclic amines) is 1. The molecule has 1 saturated heterocycles. The molecule has 2 aliphatic rings. The zero-order valence-corrected chi connectivity index (χ0v) is 14.3. The van der Waals surface area contributed by atoms with Gasteiger partial charge in [-0.3, -0.25) is 19.3 Å². The molecular weight excluding hydrogens is 362 g/mol. The first-order valence-electron chi connectivity index (χ1n) is 8.21. The van der Waals surface area contributed by atoms with Gasteiger partial charge in [-0.25, -0.2) is 13.6 Å². The highest BCUT2D eigenvalue weighted by molar-refractivity contribution is 6.09. The Morgan fingerprint density at radius 3 is 2.26 bits per heavy atom. The van der Waals surface area contributed by atoms with Crippen LogP contribution in [0.25, 0.3) is 0 Å². The summed E-state index contributed by atoms with van der Waals surface area (Å²) in [6, 6.07) is 1.24. The second-order valence-electron chi connectivity index (χ2n) is 6.27. The summed E-state index contributed by atoms with van der Waals surface area (Å²) in [6.45, 7) is -0.588.